The van der Waals surface area contributed by atoms with E-state index in [4.69, 9.17) is 0 Å². The number of rotatable bonds is 8. The number of benzene rings is 2. The van der Waals surface area contributed by atoms with Crippen molar-refractivity contribution in [2.75, 3.05) is 30.3 Å². The largest absolute Gasteiger partial charge is 0.338 e. The maximum absolute atomic E-state index is 12.4. The summed E-state index contributed by atoms with van der Waals surface area (Å²) in [4.78, 5) is 36.4. The van der Waals surface area contributed by atoms with Gasteiger partial charge in [0, 0.05) is 37.4 Å². The van der Waals surface area contributed by atoms with Crippen LogP contribution in [0, 0.1) is 13.8 Å². The van der Waals surface area contributed by atoms with Gasteiger partial charge < -0.3 is 25.6 Å². The van der Waals surface area contributed by atoms with Crippen molar-refractivity contribution in [1.82, 2.24) is 10.2 Å². The average molecular weight is 411 g/mol. The van der Waals surface area contributed by atoms with Crippen LogP contribution in [0.4, 0.5) is 21.0 Å². The summed E-state index contributed by atoms with van der Waals surface area (Å²) in [7, 11) is 0. The molecule has 0 bridgehead atoms. The van der Waals surface area contributed by atoms with Crippen LogP contribution in [0.15, 0.2) is 36.4 Å². The normalized spacial score (nSPS) is 10.3. The van der Waals surface area contributed by atoms with Gasteiger partial charge in [-0.1, -0.05) is 12.1 Å². The molecule has 0 saturated carbocycles. The molecule has 0 atom stereocenters. The Bertz CT molecular complexity index is 911. The van der Waals surface area contributed by atoms with Crippen molar-refractivity contribution in [3.05, 3.63) is 47.5 Å². The number of aryl methyl sites for hydroxylation is 2. The smallest absolute Gasteiger partial charge is 0.321 e. The number of amides is 4. The molecule has 0 saturated heterocycles. The van der Waals surface area contributed by atoms with Crippen molar-refractivity contribution in [3.8, 4) is 11.1 Å². The lowest BCUT2D eigenvalue weighted by Gasteiger charge is -2.21. The molecule has 0 unspecified atom stereocenters. The third-order valence-electron chi connectivity index (χ3n) is 4.80. The van der Waals surface area contributed by atoms with Crippen LogP contribution in [0.5, 0.6) is 0 Å². The summed E-state index contributed by atoms with van der Waals surface area (Å²) in [5, 5.41) is 8.47. The third-order valence-corrected chi connectivity index (χ3v) is 4.80. The predicted octanol–water partition coefficient (Wildman–Crippen LogP) is 4.55. The second kappa shape index (κ2) is 11.0. The summed E-state index contributed by atoms with van der Waals surface area (Å²) in [6.45, 7) is 9.15. The Morgan fingerprint density at radius 1 is 0.933 bits per heavy atom. The van der Waals surface area contributed by atoms with Crippen molar-refractivity contribution in [2.45, 2.75) is 34.1 Å². The van der Waals surface area contributed by atoms with E-state index in [0.717, 1.165) is 39.9 Å². The minimum atomic E-state index is -0.224. The molecule has 0 aliphatic heterocycles. The zero-order chi connectivity index (χ0) is 22.1. The summed E-state index contributed by atoms with van der Waals surface area (Å²) in [6.07, 6.45) is 1.14. The number of carbonyl (C=O) groups excluding carboxylic acids is 3. The highest BCUT2D eigenvalue weighted by molar-refractivity contribution is 5.92. The Morgan fingerprint density at radius 2 is 1.50 bits per heavy atom. The molecule has 30 heavy (non-hydrogen) atoms. The van der Waals surface area contributed by atoms with Gasteiger partial charge in [-0.3, -0.25) is 0 Å². The molecule has 0 aliphatic carbocycles. The maximum Gasteiger partial charge on any atom is 0.321 e. The Labute approximate surface area is 177 Å². The van der Waals surface area contributed by atoms with Crippen molar-refractivity contribution in [1.29, 1.82) is 0 Å². The lowest BCUT2D eigenvalue weighted by Crippen LogP contribution is -2.35. The van der Waals surface area contributed by atoms with Crippen molar-refractivity contribution >= 4 is 29.7 Å². The van der Waals surface area contributed by atoms with Gasteiger partial charge in [0.25, 0.3) is 0 Å². The van der Waals surface area contributed by atoms with Gasteiger partial charge in [-0.15, -0.1) is 0 Å². The van der Waals surface area contributed by atoms with Gasteiger partial charge in [0.2, 0.25) is 0 Å². The molecule has 7 nitrogen and oxygen atoms in total. The molecule has 0 fully saturated rings. The van der Waals surface area contributed by atoms with Gasteiger partial charge in [-0.05, 0) is 74.2 Å². The summed E-state index contributed by atoms with van der Waals surface area (Å²) in [5.74, 6) is 0. The minimum Gasteiger partial charge on any atom is -0.338 e. The molecule has 0 radical (unpaired) electrons. The number of hydrogen-bond acceptors (Lipinski definition) is 3. The molecule has 4 amide bonds. The number of nitrogens with zero attached hydrogens (tertiary/aromatic N) is 1. The van der Waals surface area contributed by atoms with Crippen molar-refractivity contribution < 1.29 is 14.4 Å². The molecule has 7 heteroatoms. The Hall–Kier alpha value is -3.35. The molecule has 3 N–H and O–H groups in total. The lowest BCUT2D eigenvalue weighted by atomic mass is 10.00. The van der Waals surface area contributed by atoms with Gasteiger partial charge in [-0.25, -0.2) is 9.59 Å². The number of aldehydes is 1. The molecule has 2 aromatic carbocycles. The zero-order valence-corrected chi connectivity index (χ0v) is 18.0. The average Bonchev–Trinajstić information content (AvgIpc) is 2.71. The van der Waals surface area contributed by atoms with E-state index in [1.54, 1.807) is 4.90 Å². The van der Waals surface area contributed by atoms with Gasteiger partial charge in [0.15, 0.2) is 0 Å². The van der Waals surface area contributed by atoms with E-state index < -0.39 is 0 Å². The molecule has 0 heterocycles. The molecule has 0 spiro atoms. The van der Waals surface area contributed by atoms with Gasteiger partial charge in [0.05, 0.1) is 0 Å². The van der Waals surface area contributed by atoms with Gasteiger partial charge >= 0.3 is 12.1 Å². The molecular weight excluding hydrogens is 380 g/mol. The van der Waals surface area contributed by atoms with Crippen LogP contribution in [0.25, 0.3) is 11.1 Å². The fourth-order valence-electron chi connectivity index (χ4n) is 3.10. The fraction of sp³-hybridized carbons (Fsp3) is 0.348. The monoisotopic (exact) mass is 410 g/mol. The topological polar surface area (TPSA) is 90.5 Å². The maximum atomic E-state index is 12.4. The Morgan fingerprint density at radius 3 is 1.97 bits per heavy atom. The summed E-state index contributed by atoms with van der Waals surface area (Å²) in [6, 6.07) is 11.3. The second-order valence-electron chi connectivity index (χ2n) is 7.01. The molecular formula is C23H30N4O3. The van der Waals surface area contributed by atoms with Crippen LogP contribution in [0.1, 0.15) is 31.4 Å². The number of carbonyl (C=O) groups is 3. The third kappa shape index (κ3) is 6.07. The minimum absolute atomic E-state index is 0.216. The summed E-state index contributed by atoms with van der Waals surface area (Å²) < 4.78 is 0. The van der Waals surface area contributed by atoms with Crippen LogP contribution >= 0.6 is 0 Å². The van der Waals surface area contributed by atoms with E-state index >= 15 is 0 Å². The number of anilines is 2. The first-order chi connectivity index (χ1) is 14.4. The van der Waals surface area contributed by atoms with Crippen LogP contribution in [0.3, 0.4) is 0 Å². The Kier molecular flexibility index (Phi) is 8.41. The number of urea groups is 2. The van der Waals surface area contributed by atoms with E-state index in [2.05, 4.69) is 16.0 Å². The first-order valence-corrected chi connectivity index (χ1v) is 10.2. The van der Waals surface area contributed by atoms with Crippen molar-refractivity contribution in [3.63, 3.8) is 0 Å². The van der Waals surface area contributed by atoms with E-state index in [9.17, 15) is 14.4 Å². The standard InChI is InChI=1S/C23H30N4O3/c1-5-24-22(29)25-20-10-8-18(14-16(20)3)19-9-11-21(17(4)15-19)26-23(30)27(6-2)12-7-13-28/h8-11,13-15H,5-7,12H2,1-4H3,(H,26,30)(H2,24,25,29). The predicted molar refractivity (Wildman–Crippen MR) is 121 cm³/mol. The van der Waals surface area contributed by atoms with E-state index in [1.807, 2.05) is 64.1 Å². The second-order valence-corrected chi connectivity index (χ2v) is 7.01. The fourth-order valence-corrected chi connectivity index (χ4v) is 3.10. The van der Waals surface area contributed by atoms with E-state index in [1.165, 1.54) is 0 Å². The summed E-state index contributed by atoms with van der Waals surface area (Å²) >= 11 is 0. The van der Waals surface area contributed by atoms with Crippen LogP contribution in [-0.2, 0) is 4.79 Å². The lowest BCUT2D eigenvalue weighted by molar-refractivity contribution is -0.108. The highest BCUT2D eigenvalue weighted by Gasteiger charge is 2.13. The quantitative estimate of drug-likeness (QED) is 0.558. The van der Waals surface area contributed by atoms with Crippen LogP contribution < -0.4 is 16.0 Å². The molecule has 0 aromatic heterocycles. The first kappa shape index (κ1) is 22.9. The van der Waals surface area contributed by atoms with Gasteiger partial charge in [-0.2, -0.15) is 0 Å². The number of nitrogens with one attached hydrogen (secondary N) is 3. The van der Waals surface area contributed by atoms with Crippen LogP contribution in [-0.4, -0.2) is 42.9 Å². The molecule has 2 rings (SSSR count). The number of hydrogen-bond donors (Lipinski definition) is 3. The van der Waals surface area contributed by atoms with Crippen molar-refractivity contribution in [2.24, 2.45) is 0 Å². The molecule has 160 valence electrons. The van der Waals surface area contributed by atoms with E-state index in [-0.39, 0.29) is 12.1 Å². The highest BCUT2D eigenvalue weighted by Crippen LogP contribution is 2.28. The Balaban J connectivity index is 2.14. The van der Waals surface area contributed by atoms with E-state index in [0.29, 0.717) is 26.1 Å². The summed E-state index contributed by atoms with van der Waals surface area (Å²) in [5.41, 5.74) is 5.44. The first-order valence-electron chi connectivity index (χ1n) is 10.2. The zero-order valence-electron chi connectivity index (χ0n) is 18.0. The molecule has 0 aliphatic rings. The SMILES string of the molecule is CCNC(=O)Nc1ccc(-c2ccc(NC(=O)N(CC)CCC=O)c(C)c2)cc1C. The highest BCUT2D eigenvalue weighted by atomic mass is 16.2. The van der Waals surface area contributed by atoms with Crippen LogP contribution in [0.2, 0.25) is 0 Å². The molecule has 2 aromatic rings. The van der Waals surface area contributed by atoms with Gasteiger partial charge in [0.1, 0.15) is 6.29 Å².